The van der Waals surface area contributed by atoms with Crippen molar-refractivity contribution in [3.8, 4) is 0 Å². The fourth-order valence-electron chi connectivity index (χ4n) is 2.29. The van der Waals surface area contributed by atoms with Gasteiger partial charge in [-0.3, -0.25) is 4.79 Å². The molecule has 0 bridgehead atoms. The third-order valence-electron chi connectivity index (χ3n) is 3.60. The standard InChI is InChI=1S/C18H28O/c1-3-5-7-9-10-16-12-14-17(15-13-16)18(19)11-8-6-4-2/h12-15H,3-11H2,1-2H3. The number of Topliss-reactive ketones (excluding diaryl/α,β-unsaturated/α-hetero) is 1. The van der Waals surface area contributed by atoms with Gasteiger partial charge in [0.05, 0.1) is 0 Å². The SMILES string of the molecule is CCCCCCc1ccc(C(=O)CCCCC)cc1. The van der Waals surface area contributed by atoms with Crippen LogP contribution in [-0.4, -0.2) is 5.78 Å². The highest BCUT2D eigenvalue weighted by Gasteiger charge is 2.05. The highest BCUT2D eigenvalue weighted by molar-refractivity contribution is 5.96. The molecule has 0 saturated carbocycles. The van der Waals surface area contributed by atoms with Crippen molar-refractivity contribution < 1.29 is 4.79 Å². The molecule has 0 saturated heterocycles. The molecule has 19 heavy (non-hydrogen) atoms. The van der Waals surface area contributed by atoms with Crippen molar-refractivity contribution in [3.63, 3.8) is 0 Å². The molecule has 0 spiro atoms. The molecule has 1 rings (SSSR count). The zero-order valence-electron chi connectivity index (χ0n) is 12.6. The van der Waals surface area contributed by atoms with E-state index >= 15 is 0 Å². The van der Waals surface area contributed by atoms with Gasteiger partial charge in [-0.05, 0) is 24.8 Å². The monoisotopic (exact) mass is 260 g/mol. The van der Waals surface area contributed by atoms with Gasteiger partial charge in [0.15, 0.2) is 5.78 Å². The van der Waals surface area contributed by atoms with Gasteiger partial charge in [0.25, 0.3) is 0 Å². The number of rotatable bonds is 10. The maximum atomic E-state index is 11.9. The van der Waals surface area contributed by atoms with Crippen LogP contribution < -0.4 is 0 Å². The highest BCUT2D eigenvalue weighted by Crippen LogP contribution is 2.12. The minimum atomic E-state index is 0.297. The van der Waals surface area contributed by atoms with Crippen LogP contribution in [0.1, 0.15) is 81.1 Å². The molecule has 0 amide bonds. The molecule has 1 nitrogen and oxygen atoms in total. The normalized spacial score (nSPS) is 10.6. The molecular formula is C18H28O. The van der Waals surface area contributed by atoms with Gasteiger partial charge in [-0.2, -0.15) is 0 Å². The third-order valence-corrected chi connectivity index (χ3v) is 3.60. The largest absolute Gasteiger partial charge is 0.294 e. The molecule has 0 atom stereocenters. The first-order chi connectivity index (χ1) is 9.27. The molecule has 0 unspecified atom stereocenters. The summed E-state index contributed by atoms with van der Waals surface area (Å²) in [6.45, 7) is 4.40. The van der Waals surface area contributed by atoms with Gasteiger partial charge < -0.3 is 0 Å². The summed E-state index contributed by atoms with van der Waals surface area (Å²) in [5, 5.41) is 0. The van der Waals surface area contributed by atoms with Crippen LogP contribution in [0.5, 0.6) is 0 Å². The number of carbonyl (C=O) groups excluding carboxylic acids is 1. The van der Waals surface area contributed by atoms with E-state index in [-0.39, 0.29) is 0 Å². The van der Waals surface area contributed by atoms with Crippen LogP contribution >= 0.6 is 0 Å². The highest BCUT2D eigenvalue weighted by atomic mass is 16.1. The summed E-state index contributed by atoms with van der Waals surface area (Å²) in [5.41, 5.74) is 2.25. The van der Waals surface area contributed by atoms with Crippen molar-refractivity contribution in [1.82, 2.24) is 0 Å². The van der Waals surface area contributed by atoms with Crippen molar-refractivity contribution in [2.45, 2.75) is 71.6 Å². The predicted octanol–water partition coefficient (Wildman–Crippen LogP) is 5.57. The van der Waals surface area contributed by atoms with Crippen LogP contribution in [0.3, 0.4) is 0 Å². The molecule has 106 valence electrons. The summed E-state index contributed by atoms with van der Waals surface area (Å²) in [7, 11) is 0. The molecule has 0 N–H and O–H groups in total. The minimum absolute atomic E-state index is 0.297. The Kier molecular flexibility index (Phi) is 8.20. The Balaban J connectivity index is 2.36. The van der Waals surface area contributed by atoms with Crippen LogP contribution in [0.25, 0.3) is 0 Å². The van der Waals surface area contributed by atoms with Crippen molar-refractivity contribution in [1.29, 1.82) is 0 Å². The molecule has 0 fully saturated rings. The molecule has 0 radical (unpaired) electrons. The predicted molar refractivity (Wildman–Crippen MR) is 82.8 cm³/mol. The van der Waals surface area contributed by atoms with Gasteiger partial charge in [0, 0.05) is 12.0 Å². The second-order valence-electron chi connectivity index (χ2n) is 5.39. The van der Waals surface area contributed by atoms with Crippen LogP contribution in [0.15, 0.2) is 24.3 Å². The minimum Gasteiger partial charge on any atom is -0.294 e. The zero-order valence-corrected chi connectivity index (χ0v) is 12.6. The van der Waals surface area contributed by atoms with E-state index in [2.05, 4.69) is 26.0 Å². The average molecular weight is 260 g/mol. The van der Waals surface area contributed by atoms with Crippen LogP contribution in [-0.2, 0) is 6.42 Å². The Bertz CT molecular complexity index is 350. The lowest BCUT2D eigenvalue weighted by Gasteiger charge is -2.04. The molecule has 0 aromatic heterocycles. The zero-order chi connectivity index (χ0) is 13.9. The van der Waals surface area contributed by atoms with E-state index in [0.717, 1.165) is 24.8 Å². The average Bonchev–Trinajstić information content (AvgIpc) is 2.44. The first-order valence-electron chi connectivity index (χ1n) is 7.90. The van der Waals surface area contributed by atoms with E-state index in [1.807, 2.05) is 12.1 Å². The second kappa shape index (κ2) is 9.77. The van der Waals surface area contributed by atoms with Crippen molar-refractivity contribution >= 4 is 5.78 Å². The molecule has 1 heteroatoms. The van der Waals surface area contributed by atoms with E-state index in [0.29, 0.717) is 12.2 Å². The van der Waals surface area contributed by atoms with E-state index in [9.17, 15) is 4.79 Å². The van der Waals surface area contributed by atoms with Crippen LogP contribution in [0.4, 0.5) is 0 Å². The molecule has 0 aliphatic carbocycles. The van der Waals surface area contributed by atoms with Crippen molar-refractivity contribution in [2.24, 2.45) is 0 Å². The first-order valence-corrected chi connectivity index (χ1v) is 7.90. The Morgan fingerprint density at radius 2 is 1.47 bits per heavy atom. The Morgan fingerprint density at radius 1 is 0.842 bits per heavy atom. The lowest BCUT2D eigenvalue weighted by molar-refractivity contribution is 0.0979. The quantitative estimate of drug-likeness (QED) is 0.397. The van der Waals surface area contributed by atoms with E-state index in [1.165, 1.54) is 37.7 Å². The maximum Gasteiger partial charge on any atom is 0.162 e. The Labute approximate surface area is 118 Å². The summed E-state index contributed by atoms with van der Waals surface area (Å²) in [6.07, 6.45) is 10.4. The number of ketones is 1. The van der Waals surface area contributed by atoms with Crippen molar-refractivity contribution in [3.05, 3.63) is 35.4 Å². The fourth-order valence-corrected chi connectivity index (χ4v) is 2.29. The lowest BCUT2D eigenvalue weighted by Crippen LogP contribution is -1.99. The van der Waals surface area contributed by atoms with Gasteiger partial charge in [0.2, 0.25) is 0 Å². The second-order valence-corrected chi connectivity index (χ2v) is 5.39. The lowest BCUT2D eigenvalue weighted by atomic mass is 10.0. The first kappa shape index (κ1) is 15.9. The number of hydrogen-bond acceptors (Lipinski definition) is 1. The third kappa shape index (κ3) is 6.56. The van der Waals surface area contributed by atoms with Crippen molar-refractivity contribution in [2.75, 3.05) is 0 Å². The number of carbonyl (C=O) groups is 1. The summed E-state index contributed by atoms with van der Waals surface area (Å²) in [6, 6.07) is 8.25. The molecule has 0 aliphatic rings. The van der Waals surface area contributed by atoms with E-state index in [1.54, 1.807) is 0 Å². The molecular weight excluding hydrogens is 232 g/mol. The van der Waals surface area contributed by atoms with Gasteiger partial charge in [0.1, 0.15) is 0 Å². The number of hydrogen-bond donors (Lipinski definition) is 0. The molecule has 0 aliphatic heterocycles. The Hall–Kier alpha value is -1.11. The molecule has 1 aromatic carbocycles. The summed E-state index contributed by atoms with van der Waals surface area (Å²) in [4.78, 5) is 11.9. The topological polar surface area (TPSA) is 17.1 Å². The van der Waals surface area contributed by atoms with Crippen LogP contribution in [0, 0.1) is 0 Å². The number of aryl methyl sites for hydroxylation is 1. The van der Waals surface area contributed by atoms with Gasteiger partial charge in [-0.15, -0.1) is 0 Å². The van der Waals surface area contributed by atoms with E-state index < -0.39 is 0 Å². The molecule has 1 aromatic rings. The van der Waals surface area contributed by atoms with Gasteiger partial charge in [-0.25, -0.2) is 0 Å². The van der Waals surface area contributed by atoms with E-state index in [4.69, 9.17) is 0 Å². The molecule has 0 heterocycles. The smallest absolute Gasteiger partial charge is 0.162 e. The Morgan fingerprint density at radius 3 is 2.11 bits per heavy atom. The van der Waals surface area contributed by atoms with Crippen LogP contribution in [0.2, 0.25) is 0 Å². The maximum absolute atomic E-state index is 11.9. The summed E-state index contributed by atoms with van der Waals surface area (Å²) < 4.78 is 0. The number of unbranched alkanes of at least 4 members (excludes halogenated alkanes) is 5. The number of benzene rings is 1. The summed E-state index contributed by atoms with van der Waals surface area (Å²) in [5.74, 6) is 0.297. The fraction of sp³-hybridized carbons (Fsp3) is 0.611. The summed E-state index contributed by atoms with van der Waals surface area (Å²) >= 11 is 0. The van der Waals surface area contributed by atoms with Gasteiger partial charge >= 0.3 is 0 Å². The van der Waals surface area contributed by atoms with Gasteiger partial charge in [-0.1, -0.05) is 70.2 Å².